The number of nitrogens with one attached hydrogen (secondary N) is 1. The number of aromatic nitrogens is 2. The van der Waals surface area contributed by atoms with E-state index in [0.717, 1.165) is 0 Å². The van der Waals surface area contributed by atoms with Gasteiger partial charge < -0.3 is 5.32 Å². The summed E-state index contributed by atoms with van der Waals surface area (Å²) < 4.78 is 1.56. The van der Waals surface area contributed by atoms with Crippen LogP contribution in [-0.2, 0) is 13.5 Å². The summed E-state index contributed by atoms with van der Waals surface area (Å²) in [6.45, 7) is 11.2. The highest BCUT2D eigenvalue weighted by Crippen LogP contribution is 2.30. The standard InChI is InChI=1S/C13H24N4O2/c1-7-10-11(17(18)19)12(16(6)15-10)14-8-9(2)13(3,4)5/h9,14H,7-8H2,1-6H3. The van der Waals surface area contributed by atoms with Crippen molar-refractivity contribution in [2.24, 2.45) is 18.4 Å². The van der Waals surface area contributed by atoms with Gasteiger partial charge in [0, 0.05) is 13.6 Å². The smallest absolute Gasteiger partial charge is 0.333 e. The zero-order valence-corrected chi connectivity index (χ0v) is 12.6. The monoisotopic (exact) mass is 268 g/mol. The molecule has 1 unspecified atom stereocenters. The molecule has 1 heterocycles. The Kier molecular flexibility index (Phi) is 4.55. The van der Waals surface area contributed by atoms with Crippen LogP contribution in [0.25, 0.3) is 0 Å². The third-order valence-electron chi connectivity index (χ3n) is 3.66. The van der Waals surface area contributed by atoms with Crippen LogP contribution in [0.2, 0.25) is 0 Å². The third-order valence-corrected chi connectivity index (χ3v) is 3.66. The maximum absolute atomic E-state index is 11.2. The largest absolute Gasteiger partial charge is 0.364 e. The molecule has 1 N–H and O–H groups in total. The number of anilines is 1. The van der Waals surface area contributed by atoms with Gasteiger partial charge in [-0.05, 0) is 17.8 Å². The Morgan fingerprint density at radius 2 is 2.05 bits per heavy atom. The Morgan fingerprint density at radius 1 is 1.47 bits per heavy atom. The van der Waals surface area contributed by atoms with Crippen molar-refractivity contribution in [1.82, 2.24) is 9.78 Å². The molecule has 0 radical (unpaired) electrons. The number of nitro groups is 1. The highest BCUT2D eigenvalue weighted by atomic mass is 16.6. The summed E-state index contributed by atoms with van der Waals surface area (Å²) in [4.78, 5) is 10.8. The van der Waals surface area contributed by atoms with Crippen molar-refractivity contribution in [2.75, 3.05) is 11.9 Å². The number of hydrogen-bond donors (Lipinski definition) is 1. The van der Waals surface area contributed by atoms with Crippen LogP contribution in [-0.4, -0.2) is 21.2 Å². The average Bonchev–Trinajstić information content (AvgIpc) is 2.61. The second-order valence-electron chi connectivity index (χ2n) is 6.03. The lowest BCUT2D eigenvalue weighted by molar-refractivity contribution is -0.384. The van der Waals surface area contributed by atoms with E-state index in [-0.39, 0.29) is 16.0 Å². The van der Waals surface area contributed by atoms with E-state index in [2.05, 4.69) is 38.1 Å². The van der Waals surface area contributed by atoms with Crippen LogP contribution in [0.5, 0.6) is 0 Å². The van der Waals surface area contributed by atoms with Crippen molar-refractivity contribution in [2.45, 2.75) is 41.0 Å². The number of aryl methyl sites for hydroxylation is 2. The molecule has 0 amide bonds. The summed E-state index contributed by atoms with van der Waals surface area (Å²) in [7, 11) is 1.73. The van der Waals surface area contributed by atoms with Gasteiger partial charge in [-0.25, -0.2) is 4.68 Å². The molecule has 0 aliphatic carbocycles. The van der Waals surface area contributed by atoms with Gasteiger partial charge in [-0.15, -0.1) is 0 Å². The van der Waals surface area contributed by atoms with Gasteiger partial charge in [0.05, 0.1) is 4.92 Å². The summed E-state index contributed by atoms with van der Waals surface area (Å²) in [5.41, 5.74) is 0.790. The molecule has 1 rings (SSSR count). The molecule has 0 saturated carbocycles. The molecule has 1 atom stereocenters. The van der Waals surface area contributed by atoms with Crippen LogP contribution in [0.3, 0.4) is 0 Å². The van der Waals surface area contributed by atoms with E-state index >= 15 is 0 Å². The highest BCUT2D eigenvalue weighted by Gasteiger charge is 2.27. The van der Waals surface area contributed by atoms with Gasteiger partial charge in [0.1, 0.15) is 5.69 Å². The molecule has 0 aliphatic heterocycles. The first-order valence-electron chi connectivity index (χ1n) is 6.62. The predicted molar refractivity (Wildman–Crippen MR) is 76.3 cm³/mol. The van der Waals surface area contributed by atoms with Gasteiger partial charge in [0.2, 0.25) is 5.82 Å². The minimum absolute atomic E-state index is 0.103. The molecule has 0 aliphatic rings. The van der Waals surface area contributed by atoms with Gasteiger partial charge in [-0.1, -0.05) is 34.6 Å². The van der Waals surface area contributed by atoms with Crippen molar-refractivity contribution in [3.8, 4) is 0 Å². The van der Waals surface area contributed by atoms with Crippen molar-refractivity contribution in [3.63, 3.8) is 0 Å². The third kappa shape index (κ3) is 3.45. The van der Waals surface area contributed by atoms with Gasteiger partial charge in [0.15, 0.2) is 0 Å². The van der Waals surface area contributed by atoms with Crippen LogP contribution < -0.4 is 5.32 Å². The molecule has 1 aromatic heterocycles. The number of nitrogens with zero attached hydrogens (tertiary/aromatic N) is 3. The molecule has 1 aromatic rings. The fourth-order valence-corrected chi connectivity index (χ4v) is 1.75. The van der Waals surface area contributed by atoms with E-state index in [1.54, 1.807) is 11.7 Å². The van der Waals surface area contributed by atoms with Crippen LogP contribution in [0, 0.1) is 21.4 Å². The lowest BCUT2D eigenvalue weighted by Crippen LogP contribution is -2.25. The van der Waals surface area contributed by atoms with Crippen LogP contribution >= 0.6 is 0 Å². The van der Waals surface area contributed by atoms with E-state index in [9.17, 15) is 10.1 Å². The molecule has 6 heteroatoms. The lowest BCUT2D eigenvalue weighted by atomic mass is 9.82. The second-order valence-corrected chi connectivity index (χ2v) is 6.03. The predicted octanol–water partition coefficient (Wildman–Crippen LogP) is 2.98. The van der Waals surface area contributed by atoms with Gasteiger partial charge in [-0.3, -0.25) is 10.1 Å². The molecule has 108 valence electrons. The van der Waals surface area contributed by atoms with Crippen molar-refractivity contribution < 1.29 is 4.92 Å². The SMILES string of the molecule is CCc1nn(C)c(NCC(C)C(C)(C)C)c1[N+](=O)[O-]. The quantitative estimate of drug-likeness (QED) is 0.658. The fraction of sp³-hybridized carbons (Fsp3) is 0.769. The molecule has 0 aromatic carbocycles. The van der Waals surface area contributed by atoms with Crippen LogP contribution in [0.1, 0.15) is 40.3 Å². The van der Waals surface area contributed by atoms with E-state index in [1.807, 2.05) is 6.92 Å². The number of hydrogen-bond acceptors (Lipinski definition) is 4. The number of rotatable bonds is 5. The second kappa shape index (κ2) is 5.59. The Labute approximate surface area is 114 Å². The summed E-state index contributed by atoms with van der Waals surface area (Å²) >= 11 is 0. The van der Waals surface area contributed by atoms with E-state index < -0.39 is 0 Å². The molecule has 19 heavy (non-hydrogen) atoms. The van der Waals surface area contributed by atoms with Crippen LogP contribution in [0.15, 0.2) is 0 Å². The normalized spacial score (nSPS) is 13.4. The molecule has 0 spiro atoms. The van der Waals surface area contributed by atoms with Gasteiger partial charge >= 0.3 is 5.69 Å². The van der Waals surface area contributed by atoms with Gasteiger partial charge in [-0.2, -0.15) is 5.10 Å². The van der Waals surface area contributed by atoms with E-state index in [0.29, 0.717) is 30.4 Å². The average molecular weight is 268 g/mol. The van der Waals surface area contributed by atoms with Crippen LogP contribution in [0.4, 0.5) is 11.5 Å². The summed E-state index contributed by atoms with van der Waals surface area (Å²) in [5, 5.41) is 18.6. The van der Waals surface area contributed by atoms with Gasteiger partial charge in [0.25, 0.3) is 0 Å². The maximum Gasteiger partial charge on any atom is 0.333 e. The summed E-state index contributed by atoms with van der Waals surface area (Å²) in [6.07, 6.45) is 0.556. The Bertz CT molecular complexity index is 460. The molecule has 0 saturated heterocycles. The zero-order valence-electron chi connectivity index (χ0n) is 12.6. The Morgan fingerprint density at radius 3 is 2.47 bits per heavy atom. The lowest BCUT2D eigenvalue weighted by Gasteiger charge is -2.27. The van der Waals surface area contributed by atoms with Crippen molar-refractivity contribution >= 4 is 11.5 Å². The summed E-state index contributed by atoms with van der Waals surface area (Å²) in [6, 6.07) is 0. The zero-order chi connectivity index (χ0) is 14.8. The molecule has 0 fully saturated rings. The van der Waals surface area contributed by atoms with Crippen molar-refractivity contribution in [1.29, 1.82) is 0 Å². The first kappa shape index (κ1) is 15.5. The molecule has 0 bridgehead atoms. The minimum Gasteiger partial charge on any atom is -0.364 e. The summed E-state index contributed by atoms with van der Waals surface area (Å²) in [5.74, 6) is 0.894. The Hall–Kier alpha value is -1.59. The molecular weight excluding hydrogens is 244 g/mol. The fourth-order valence-electron chi connectivity index (χ4n) is 1.75. The molecule has 6 nitrogen and oxygen atoms in total. The molecular formula is C13H24N4O2. The first-order valence-corrected chi connectivity index (χ1v) is 6.62. The Balaban J connectivity index is 2.95. The van der Waals surface area contributed by atoms with Crippen molar-refractivity contribution in [3.05, 3.63) is 15.8 Å². The van der Waals surface area contributed by atoms with E-state index in [1.165, 1.54) is 0 Å². The maximum atomic E-state index is 11.2. The topological polar surface area (TPSA) is 73.0 Å². The van der Waals surface area contributed by atoms with E-state index in [4.69, 9.17) is 0 Å². The highest BCUT2D eigenvalue weighted by molar-refractivity contribution is 5.59. The minimum atomic E-state index is -0.351. The first-order chi connectivity index (χ1) is 8.68.